The topological polar surface area (TPSA) is 97.6 Å². The molecule has 25 heavy (non-hydrogen) atoms. The van der Waals surface area contributed by atoms with Crippen LogP contribution in [0.25, 0.3) is 0 Å². The van der Waals surface area contributed by atoms with Crippen LogP contribution in [0.2, 0.25) is 0 Å². The van der Waals surface area contributed by atoms with Gasteiger partial charge in [0.2, 0.25) is 0 Å². The molecule has 0 spiro atoms. The van der Waals surface area contributed by atoms with E-state index in [1.54, 1.807) is 51.1 Å². The number of nitrogens with one attached hydrogen (secondary N) is 2. The summed E-state index contributed by atoms with van der Waals surface area (Å²) < 4.78 is 9.99. The number of hydrogen-bond donors (Lipinski definition) is 2. The summed E-state index contributed by atoms with van der Waals surface area (Å²) in [5.74, 6) is -1.19. The van der Waals surface area contributed by atoms with Crippen molar-refractivity contribution in [2.24, 2.45) is 0 Å². The molecule has 2 rings (SSSR count). The summed E-state index contributed by atoms with van der Waals surface area (Å²) >= 11 is 0. The average molecular weight is 344 g/mol. The van der Waals surface area contributed by atoms with Crippen LogP contribution in [0.15, 0.2) is 41.0 Å². The van der Waals surface area contributed by atoms with Crippen molar-refractivity contribution in [3.05, 3.63) is 53.5 Å². The molecule has 0 fully saturated rings. The van der Waals surface area contributed by atoms with E-state index in [-0.39, 0.29) is 18.4 Å². The Labute approximate surface area is 145 Å². The van der Waals surface area contributed by atoms with Crippen LogP contribution in [0.1, 0.15) is 40.3 Å². The van der Waals surface area contributed by atoms with Gasteiger partial charge >= 0.3 is 5.97 Å². The van der Waals surface area contributed by atoms with Gasteiger partial charge in [-0.25, -0.2) is 0 Å². The van der Waals surface area contributed by atoms with Gasteiger partial charge in [0.25, 0.3) is 11.8 Å². The predicted octanol–water partition coefficient (Wildman–Crippen LogP) is 2.52. The highest BCUT2D eigenvalue weighted by atomic mass is 16.5. The van der Waals surface area contributed by atoms with Gasteiger partial charge in [-0.15, -0.1) is 0 Å². The van der Waals surface area contributed by atoms with Crippen LogP contribution in [0.3, 0.4) is 0 Å². The van der Waals surface area contributed by atoms with Gasteiger partial charge in [-0.2, -0.15) is 0 Å². The molecule has 0 saturated carbocycles. The smallest absolute Gasteiger partial charge is 0.325 e. The Hall–Kier alpha value is -3.09. The second-order valence-electron chi connectivity index (χ2n) is 5.68. The molecular formula is C18H20N2O5. The van der Waals surface area contributed by atoms with E-state index < -0.39 is 17.8 Å². The van der Waals surface area contributed by atoms with E-state index in [2.05, 4.69) is 10.6 Å². The van der Waals surface area contributed by atoms with E-state index in [1.807, 2.05) is 0 Å². The summed E-state index contributed by atoms with van der Waals surface area (Å²) in [7, 11) is 0. The zero-order valence-corrected chi connectivity index (χ0v) is 14.3. The Morgan fingerprint density at radius 2 is 1.92 bits per heavy atom. The molecule has 7 nitrogen and oxygen atoms in total. The zero-order valence-electron chi connectivity index (χ0n) is 14.3. The Balaban J connectivity index is 2.03. The quantitative estimate of drug-likeness (QED) is 0.785. The van der Waals surface area contributed by atoms with Gasteiger partial charge in [0.05, 0.1) is 12.4 Å². The Bertz CT molecular complexity index is 766. The van der Waals surface area contributed by atoms with E-state index in [0.29, 0.717) is 11.3 Å². The summed E-state index contributed by atoms with van der Waals surface area (Å²) in [5.41, 5.74) is 1.59. The Kier molecular flexibility index (Phi) is 5.94. The number of carbonyl (C=O) groups is 3. The normalized spacial score (nSPS) is 10.4. The third-order valence-electron chi connectivity index (χ3n) is 3.25. The minimum absolute atomic E-state index is 0.172. The van der Waals surface area contributed by atoms with Crippen molar-refractivity contribution in [1.29, 1.82) is 0 Å². The van der Waals surface area contributed by atoms with Crippen LogP contribution in [0.4, 0.5) is 5.69 Å². The molecule has 0 aliphatic rings. The van der Waals surface area contributed by atoms with Crippen LogP contribution in [0, 0.1) is 6.92 Å². The fourth-order valence-corrected chi connectivity index (χ4v) is 2.05. The lowest BCUT2D eigenvalue weighted by molar-refractivity contribution is -0.146. The molecule has 0 radical (unpaired) electrons. The van der Waals surface area contributed by atoms with Gasteiger partial charge in [-0.05, 0) is 50.6 Å². The first-order chi connectivity index (χ1) is 11.9. The first-order valence-electron chi connectivity index (χ1n) is 7.80. The van der Waals surface area contributed by atoms with Crippen LogP contribution in [-0.4, -0.2) is 30.4 Å². The third kappa shape index (κ3) is 5.20. The van der Waals surface area contributed by atoms with Crippen LogP contribution < -0.4 is 10.6 Å². The molecule has 7 heteroatoms. The molecule has 2 amide bonds. The lowest BCUT2D eigenvalue weighted by Gasteiger charge is -2.11. The fraction of sp³-hybridized carbons (Fsp3) is 0.278. The van der Waals surface area contributed by atoms with E-state index >= 15 is 0 Å². The van der Waals surface area contributed by atoms with Crippen molar-refractivity contribution < 1.29 is 23.5 Å². The standard InChI is InChI=1S/C18H20N2O5/c1-11(2)25-16(21)10-19-17(22)13-7-6-12(3)14(9-13)20-18(23)15-5-4-8-24-15/h4-9,11H,10H2,1-3H3,(H,19,22)(H,20,23). The first kappa shape index (κ1) is 18.3. The van der Waals surface area contributed by atoms with Gasteiger partial charge in [0.1, 0.15) is 6.54 Å². The molecule has 0 unspecified atom stereocenters. The second kappa shape index (κ2) is 8.14. The number of rotatable bonds is 6. The molecule has 0 bridgehead atoms. The molecule has 0 aliphatic heterocycles. The summed E-state index contributed by atoms with van der Waals surface area (Å²) in [6, 6.07) is 8.02. The molecule has 0 saturated heterocycles. The number of benzene rings is 1. The number of anilines is 1. The number of amides is 2. The van der Waals surface area contributed by atoms with Crippen molar-refractivity contribution in [1.82, 2.24) is 5.32 Å². The largest absolute Gasteiger partial charge is 0.462 e. The number of aryl methyl sites for hydroxylation is 1. The number of furan rings is 1. The summed E-state index contributed by atoms with van der Waals surface area (Å²) in [5, 5.41) is 5.18. The average Bonchev–Trinajstić information content (AvgIpc) is 3.08. The molecule has 1 aromatic carbocycles. The van der Waals surface area contributed by atoms with Crippen molar-refractivity contribution >= 4 is 23.5 Å². The number of esters is 1. The van der Waals surface area contributed by atoms with E-state index in [4.69, 9.17) is 9.15 Å². The Morgan fingerprint density at radius 3 is 2.56 bits per heavy atom. The van der Waals surface area contributed by atoms with Crippen molar-refractivity contribution in [2.45, 2.75) is 26.9 Å². The second-order valence-corrected chi connectivity index (χ2v) is 5.68. The minimum Gasteiger partial charge on any atom is -0.462 e. The highest BCUT2D eigenvalue weighted by Gasteiger charge is 2.14. The summed E-state index contributed by atoms with van der Waals surface area (Å²) in [6.07, 6.45) is 1.16. The SMILES string of the molecule is Cc1ccc(C(=O)NCC(=O)OC(C)C)cc1NC(=O)c1ccco1. The maximum atomic E-state index is 12.2. The predicted molar refractivity (Wildman–Crippen MR) is 91.4 cm³/mol. The van der Waals surface area contributed by atoms with Gasteiger partial charge in [0, 0.05) is 11.3 Å². The molecular weight excluding hydrogens is 324 g/mol. The summed E-state index contributed by atoms with van der Waals surface area (Å²) in [6.45, 7) is 5.04. The first-order valence-corrected chi connectivity index (χ1v) is 7.80. The third-order valence-corrected chi connectivity index (χ3v) is 3.25. The molecule has 2 N–H and O–H groups in total. The van der Waals surface area contributed by atoms with Crippen molar-refractivity contribution in [3.63, 3.8) is 0 Å². The van der Waals surface area contributed by atoms with Gasteiger partial charge in [-0.3, -0.25) is 14.4 Å². The van der Waals surface area contributed by atoms with E-state index in [9.17, 15) is 14.4 Å². The number of carbonyl (C=O) groups excluding carboxylic acids is 3. The molecule has 1 aromatic heterocycles. The van der Waals surface area contributed by atoms with Crippen LogP contribution in [0.5, 0.6) is 0 Å². The minimum atomic E-state index is -0.512. The van der Waals surface area contributed by atoms with Gasteiger partial charge in [0.15, 0.2) is 5.76 Å². The number of ether oxygens (including phenoxy) is 1. The maximum absolute atomic E-state index is 12.2. The highest BCUT2D eigenvalue weighted by Crippen LogP contribution is 2.18. The monoisotopic (exact) mass is 344 g/mol. The van der Waals surface area contributed by atoms with Gasteiger partial charge in [-0.1, -0.05) is 6.07 Å². The zero-order chi connectivity index (χ0) is 18.4. The molecule has 132 valence electrons. The number of hydrogen-bond acceptors (Lipinski definition) is 5. The van der Waals surface area contributed by atoms with Crippen molar-refractivity contribution in [3.8, 4) is 0 Å². The van der Waals surface area contributed by atoms with Crippen LogP contribution in [-0.2, 0) is 9.53 Å². The molecule has 2 aromatic rings. The molecule has 0 atom stereocenters. The maximum Gasteiger partial charge on any atom is 0.325 e. The summed E-state index contributed by atoms with van der Waals surface area (Å²) in [4.78, 5) is 35.7. The van der Waals surface area contributed by atoms with Crippen molar-refractivity contribution in [2.75, 3.05) is 11.9 Å². The lowest BCUT2D eigenvalue weighted by Crippen LogP contribution is -2.31. The van der Waals surface area contributed by atoms with Crippen LogP contribution >= 0.6 is 0 Å². The van der Waals surface area contributed by atoms with Gasteiger partial charge < -0.3 is 19.8 Å². The lowest BCUT2D eigenvalue weighted by atomic mass is 10.1. The van der Waals surface area contributed by atoms with E-state index in [0.717, 1.165) is 5.56 Å². The Morgan fingerprint density at radius 1 is 1.16 bits per heavy atom. The molecule has 0 aliphatic carbocycles. The molecule has 1 heterocycles. The fourth-order valence-electron chi connectivity index (χ4n) is 2.05. The highest BCUT2D eigenvalue weighted by molar-refractivity contribution is 6.04. The van der Waals surface area contributed by atoms with E-state index in [1.165, 1.54) is 6.26 Å².